The number of nitrogens with zero attached hydrogens (tertiary/aromatic N) is 4. The van der Waals surface area contributed by atoms with Gasteiger partial charge in [0, 0.05) is 5.69 Å². The molecule has 3 aromatic carbocycles. The molecule has 4 rings (SSSR count). The van der Waals surface area contributed by atoms with E-state index < -0.39 is 0 Å². The first-order chi connectivity index (χ1) is 15.6. The Bertz CT molecular complexity index is 1370. The topological polar surface area (TPSA) is 94.6 Å². The van der Waals surface area contributed by atoms with E-state index in [2.05, 4.69) is 27.4 Å². The highest BCUT2D eigenvalue weighted by atomic mass is 35.5. The molecule has 7 heteroatoms. The van der Waals surface area contributed by atoms with Gasteiger partial charge in [-0.3, -0.25) is 0 Å². The number of halogens is 1. The van der Waals surface area contributed by atoms with E-state index in [0.717, 1.165) is 28.4 Å². The molecule has 0 amide bonds. The largest absolute Gasteiger partial charge is 0.438 e. The van der Waals surface area contributed by atoms with Gasteiger partial charge in [0.25, 0.3) is 0 Å². The summed E-state index contributed by atoms with van der Waals surface area (Å²) >= 11 is 6.48. The summed E-state index contributed by atoms with van der Waals surface area (Å²) in [5.41, 5.74) is 2.64. The van der Waals surface area contributed by atoms with E-state index in [4.69, 9.17) is 26.9 Å². The van der Waals surface area contributed by atoms with Crippen LogP contribution in [0.15, 0.2) is 60.7 Å². The number of nitrogens with one attached hydrogen (secondary N) is 1. The fourth-order valence-corrected chi connectivity index (χ4v) is 3.52. The van der Waals surface area contributed by atoms with Crippen LogP contribution in [0.5, 0.6) is 11.6 Å². The Morgan fingerprint density at radius 2 is 1.59 bits per heavy atom. The van der Waals surface area contributed by atoms with Gasteiger partial charge in [-0.25, -0.2) is 4.98 Å². The number of ether oxygens (including phenoxy) is 1. The van der Waals surface area contributed by atoms with Crippen LogP contribution >= 0.6 is 11.6 Å². The van der Waals surface area contributed by atoms with Crippen LogP contribution in [0.25, 0.3) is 10.8 Å². The smallest absolute Gasteiger partial charge is 0.231 e. The van der Waals surface area contributed by atoms with Gasteiger partial charge in [0.15, 0.2) is 0 Å². The molecule has 0 unspecified atom stereocenters. The van der Waals surface area contributed by atoms with Crippen LogP contribution in [0, 0.1) is 22.7 Å². The molecule has 0 aliphatic carbocycles. The van der Waals surface area contributed by atoms with Crippen molar-refractivity contribution in [2.24, 2.45) is 0 Å². The quantitative estimate of drug-likeness (QED) is 0.344. The van der Waals surface area contributed by atoms with Crippen molar-refractivity contribution in [3.8, 4) is 23.8 Å². The van der Waals surface area contributed by atoms with Gasteiger partial charge in [-0.05, 0) is 65.7 Å². The average molecular weight is 440 g/mol. The van der Waals surface area contributed by atoms with Crippen LogP contribution in [0.2, 0.25) is 5.15 Å². The number of rotatable bonds is 6. The summed E-state index contributed by atoms with van der Waals surface area (Å²) in [4.78, 5) is 8.92. The lowest BCUT2D eigenvalue weighted by Crippen LogP contribution is -2.04. The Labute approximate surface area is 190 Å². The van der Waals surface area contributed by atoms with E-state index in [1.165, 1.54) is 0 Å². The normalized spacial score (nSPS) is 10.4. The van der Waals surface area contributed by atoms with Crippen molar-refractivity contribution in [1.82, 2.24) is 9.97 Å². The zero-order valence-corrected chi connectivity index (χ0v) is 18.0. The molecule has 6 nitrogen and oxygen atoms in total. The molecular formula is C25H18ClN5O. The van der Waals surface area contributed by atoms with Crippen molar-refractivity contribution < 1.29 is 4.74 Å². The fraction of sp³-hybridized carbons (Fsp3) is 0.120. The third-order valence-electron chi connectivity index (χ3n) is 4.84. The Morgan fingerprint density at radius 3 is 2.31 bits per heavy atom. The second kappa shape index (κ2) is 9.34. The first-order valence-corrected chi connectivity index (χ1v) is 10.4. The van der Waals surface area contributed by atoms with E-state index in [1.807, 2.05) is 37.3 Å². The lowest BCUT2D eigenvalue weighted by molar-refractivity contribution is 0.455. The molecule has 0 saturated heterocycles. The molecule has 0 spiro atoms. The highest BCUT2D eigenvalue weighted by Gasteiger charge is 2.15. The first kappa shape index (κ1) is 21.1. The van der Waals surface area contributed by atoms with Crippen molar-refractivity contribution in [1.29, 1.82) is 10.5 Å². The summed E-state index contributed by atoms with van der Waals surface area (Å²) in [6, 6.07) is 22.3. The summed E-state index contributed by atoms with van der Waals surface area (Å²) in [5, 5.41) is 23.4. The Kier molecular flexibility index (Phi) is 6.17. The molecule has 1 N–H and O–H groups in total. The highest BCUT2D eigenvalue weighted by Crippen LogP contribution is 2.32. The third kappa shape index (κ3) is 4.62. The van der Waals surface area contributed by atoms with Gasteiger partial charge < -0.3 is 10.1 Å². The SMILES string of the molecule is CCCc1c(Cl)nc(Nc2ccc(C#N)cc2)nc1Oc1ccc2cc(C#N)ccc2c1. The molecule has 0 aliphatic rings. The van der Waals surface area contributed by atoms with Gasteiger partial charge in [-0.2, -0.15) is 15.5 Å². The van der Waals surface area contributed by atoms with Gasteiger partial charge in [-0.1, -0.05) is 37.1 Å². The maximum atomic E-state index is 9.09. The van der Waals surface area contributed by atoms with Gasteiger partial charge in [0.05, 0.1) is 28.8 Å². The number of nitriles is 2. The molecule has 32 heavy (non-hydrogen) atoms. The lowest BCUT2D eigenvalue weighted by atomic mass is 10.1. The minimum Gasteiger partial charge on any atom is -0.438 e. The molecule has 0 saturated carbocycles. The van der Waals surface area contributed by atoms with Gasteiger partial charge in [0.1, 0.15) is 10.9 Å². The highest BCUT2D eigenvalue weighted by molar-refractivity contribution is 6.30. The standard InChI is InChI=1S/C25H18ClN5O/c1-2-3-22-23(26)30-25(29-20-9-5-16(14-27)6-10-20)31-24(22)32-21-11-8-18-12-17(15-28)4-7-19(18)13-21/h4-13H,2-3H2,1H3,(H,29,30,31). The van der Waals surface area contributed by atoms with Crippen molar-refractivity contribution in [2.45, 2.75) is 19.8 Å². The van der Waals surface area contributed by atoms with Crippen LogP contribution in [0.4, 0.5) is 11.6 Å². The summed E-state index contributed by atoms with van der Waals surface area (Å²) in [6.07, 6.45) is 1.53. The van der Waals surface area contributed by atoms with Gasteiger partial charge in [0.2, 0.25) is 11.8 Å². The van der Waals surface area contributed by atoms with E-state index in [1.54, 1.807) is 30.3 Å². The zero-order valence-electron chi connectivity index (χ0n) is 17.3. The Balaban J connectivity index is 1.67. The Morgan fingerprint density at radius 1 is 0.906 bits per heavy atom. The summed E-state index contributed by atoms with van der Waals surface area (Å²) in [7, 11) is 0. The van der Waals surface area contributed by atoms with E-state index in [0.29, 0.717) is 40.3 Å². The minimum atomic E-state index is 0.300. The van der Waals surface area contributed by atoms with Crippen molar-refractivity contribution in [3.05, 3.63) is 82.5 Å². The molecule has 0 atom stereocenters. The number of hydrogen-bond donors (Lipinski definition) is 1. The maximum Gasteiger partial charge on any atom is 0.231 e. The molecule has 4 aromatic rings. The summed E-state index contributed by atoms with van der Waals surface area (Å²) < 4.78 is 6.14. The molecular weight excluding hydrogens is 422 g/mol. The molecule has 156 valence electrons. The number of aromatic nitrogens is 2. The van der Waals surface area contributed by atoms with Crippen molar-refractivity contribution in [2.75, 3.05) is 5.32 Å². The molecule has 0 fully saturated rings. The van der Waals surface area contributed by atoms with Gasteiger partial charge in [-0.15, -0.1) is 0 Å². The van der Waals surface area contributed by atoms with Crippen LogP contribution in [0.3, 0.4) is 0 Å². The van der Waals surface area contributed by atoms with Crippen molar-refractivity contribution in [3.63, 3.8) is 0 Å². The molecule has 0 aliphatic heterocycles. The lowest BCUT2D eigenvalue weighted by Gasteiger charge is -2.14. The van der Waals surface area contributed by atoms with E-state index in [9.17, 15) is 0 Å². The number of fused-ring (bicyclic) bond motifs is 1. The summed E-state index contributed by atoms with van der Waals surface area (Å²) in [6.45, 7) is 2.05. The number of anilines is 2. The number of hydrogen-bond acceptors (Lipinski definition) is 6. The van der Waals surface area contributed by atoms with E-state index >= 15 is 0 Å². The minimum absolute atomic E-state index is 0.300. The zero-order chi connectivity index (χ0) is 22.5. The average Bonchev–Trinajstić information content (AvgIpc) is 2.81. The van der Waals surface area contributed by atoms with Crippen LogP contribution < -0.4 is 10.1 Å². The second-order valence-electron chi connectivity index (χ2n) is 7.12. The van der Waals surface area contributed by atoms with Crippen LogP contribution in [-0.2, 0) is 6.42 Å². The van der Waals surface area contributed by atoms with Crippen LogP contribution in [0.1, 0.15) is 30.0 Å². The van der Waals surface area contributed by atoms with E-state index in [-0.39, 0.29) is 0 Å². The molecule has 1 aromatic heterocycles. The predicted octanol–water partition coefficient (Wildman–Crippen LogP) is 6.51. The van der Waals surface area contributed by atoms with Crippen LogP contribution in [-0.4, -0.2) is 9.97 Å². The predicted molar refractivity (Wildman–Crippen MR) is 124 cm³/mol. The second-order valence-corrected chi connectivity index (χ2v) is 7.48. The first-order valence-electron chi connectivity index (χ1n) is 10.0. The maximum absolute atomic E-state index is 9.09. The summed E-state index contributed by atoms with van der Waals surface area (Å²) in [5.74, 6) is 1.30. The monoisotopic (exact) mass is 439 g/mol. The fourth-order valence-electron chi connectivity index (χ4n) is 3.26. The van der Waals surface area contributed by atoms with Crippen molar-refractivity contribution >= 4 is 34.0 Å². The molecule has 0 bridgehead atoms. The molecule has 0 radical (unpaired) electrons. The van der Waals surface area contributed by atoms with Gasteiger partial charge >= 0.3 is 0 Å². The molecule has 1 heterocycles. The Hall–Kier alpha value is -4.13. The third-order valence-corrected chi connectivity index (χ3v) is 5.16. The number of benzene rings is 3.